The number of nitrogens with zero attached hydrogens (tertiary/aromatic N) is 4. The van der Waals surface area contributed by atoms with Crippen molar-refractivity contribution in [1.82, 2.24) is 0 Å². The number of benzene rings is 8. The molecule has 0 aliphatic carbocycles. The third-order valence-corrected chi connectivity index (χ3v) is 11.7. The maximum Gasteiger partial charge on any atom is 0.140 e. The van der Waals surface area contributed by atoms with E-state index in [1.165, 1.54) is 22.3 Å². The molecule has 6 heteroatoms. The third kappa shape index (κ3) is 13.1. The van der Waals surface area contributed by atoms with Crippen LogP contribution in [-0.4, -0.2) is 23.1 Å². The molecule has 8 aromatic carbocycles. The van der Waals surface area contributed by atoms with Gasteiger partial charge in [0.1, 0.15) is 11.7 Å². The molecular weight excluding hydrogens is 853 g/mol. The Morgan fingerprint density at radius 2 is 0.614 bits per heavy atom. The van der Waals surface area contributed by atoms with E-state index in [0.717, 1.165) is 80.7 Å². The van der Waals surface area contributed by atoms with Gasteiger partial charge >= 0.3 is 0 Å². The van der Waals surface area contributed by atoms with E-state index in [4.69, 9.17) is 20.0 Å². The molecule has 6 nitrogen and oxygen atoms in total. The molecule has 0 fully saturated rings. The molecule has 15 rings (SSSR count). The summed E-state index contributed by atoms with van der Waals surface area (Å²) < 4.78 is 0. The first kappa shape index (κ1) is 46.1. The number of nitrogens with one attached hydrogen (secondary N) is 2. The Bertz CT molecular complexity index is 3010. The quantitative estimate of drug-likeness (QED) is 0.174. The zero-order chi connectivity index (χ0) is 47.7. The molecule has 0 saturated heterocycles. The lowest BCUT2D eigenvalue weighted by molar-refractivity contribution is 1.19. The van der Waals surface area contributed by atoms with Gasteiger partial charge in [-0.15, -0.1) is 0 Å². The fraction of sp³-hybridized carbons (Fsp3) is 0.0625. The van der Waals surface area contributed by atoms with Crippen LogP contribution in [0.4, 0.5) is 34.1 Å². The topological polar surface area (TPSA) is 73.5 Å². The molecule has 8 aromatic rings. The summed E-state index contributed by atoms with van der Waals surface area (Å²) in [5, 5.41) is 7.27. The molecule has 7 aliphatic heterocycles. The van der Waals surface area contributed by atoms with Crippen LogP contribution >= 0.6 is 0 Å². The average Bonchev–Trinajstić information content (AvgIpc) is 3.39. The van der Waals surface area contributed by atoms with E-state index in [2.05, 4.69) is 168 Å². The van der Waals surface area contributed by atoms with Crippen LogP contribution in [-0.2, 0) is 12.8 Å². The highest BCUT2D eigenvalue weighted by molar-refractivity contribution is 6.29. The maximum atomic E-state index is 5.27. The van der Waals surface area contributed by atoms with Gasteiger partial charge in [0.25, 0.3) is 0 Å². The van der Waals surface area contributed by atoms with Crippen molar-refractivity contribution in [3.05, 3.63) is 287 Å². The minimum absolute atomic E-state index is 0.688. The molecular formula is C64H54N6. The van der Waals surface area contributed by atoms with Crippen molar-refractivity contribution >= 4 is 69.4 Å². The molecule has 2 N–H and O–H groups in total. The minimum atomic E-state index is 0.688. The summed E-state index contributed by atoms with van der Waals surface area (Å²) in [5.74, 6) is 1.38. The van der Waals surface area contributed by atoms with Crippen LogP contribution in [0.15, 0.2) is 274 Å². The first-order chi connectivity index (χ1) is 34.5. The molecule has 0 radical (unpaired) electrons. The Morgan fingerprint density at radius 1 is 0.329 bits per heavy atom. The van der Waals surface area contributed by atoms with Gasteiger partial charge in [-0.05, 0) is 145 Å². The minimum Gasteiger partial charge on any atom is -0.340 e. The molecule has 7 aliphatic rings. The number of aliphatic imine (C=N–C) groups is 4. The van der Waals surface area contributed by atoms with E-state index in [0.29, 0.717) is 11.7 Å². The van der Waals surface area contributed by atoms with E-state index < -0.39 is 0 Å². The summed E-state index contributed by atoms with van der Waals surface area (Å²) >= 11 is 0. The lowest BCUT2D eigenvalue weighted by Crippen LogP contribution is -2.19. The molecule has 340 valence electrons. The standard InChI is InChI=1S/C64H54N6/c1-47-61(27-15-21-49-17-7-3-8-18-49)63(67-55-23-11-5-12-24-55)69-59-41-33-53(34-42-59)46-54-35-43-60(44-36-54)70-64(68-56-25-13-6-14-26-56)62(28-16-22-50-19-9-4-10-20-50)48(2)66-58-39-31-52(32-40-58)45-51-29-37-57(65-47)38-30-51/h3-44H,45-46H2,1-2H3,(H,67,69)(H,68,70)/b21-15+,22-16+,61-27-,62-28-,65-47?,66-48?. The summed E-state index contributed by atoms with van der Waals surface area (Å²) in [4.78, 5) is 20.9. The van der Waals surface area contributed by atoms with Gasteiger partial charge in [0.15, 0.2) is 0 Å². The fourth-order valence-corrected chi connectivity index (χ4v) is 8.00. The summed E-state index contributed by atoms with van der Waals surface area (Å²) in [7, 11) is 0. The van der Waals surface area contributed by atoms with Gasteiger partial charge in [0, 0.05) is 33.9 Å². The fourth-order valence-electron chi connectivity index (χ4n) is 8.00. The molecule has 0 unspecified atom stereocenters. The van der Waals surface area contributed by atoms with Crippen LogP contribution in [0.1, 0.15) is 47.2 Å². The van der Waals surface area contributed by atoms with Crippen molar-refractivity contribution in [2.75, 3.05) is 10.6 Å². The Hall–Kier alpha value is -9.00. The van der Waals surface area contributed by atoms with E-state index in [9.17, 15) is 0 Å². The van der Waals surface area contributed by atoms with Gasteiger partial charge in [-0.2, -0.15) is 0 Å². The van der Waals surface area contributed by atoms with Crippen LogP contribution in [0.5, 0.6) is 0 Å². The van der Waals surface area contributed by atoms with Gasteiger partial charge in [0.05, 0.1) is 22.7 Å². The van der Waals surface area contributed by atoms with E-state index in [-0.39, 0.29) is 0 Å². The first-order valence-electron chi connectivity index (χ1n) is 23.6. The second-order valence-electron chi connectivity index (χ2n) is 17.0. The highest BCUT2D eigenvalue weighted by Crippen LogP contribution is 2.26. The average molecular weight is 907 g/mol. The Morgan fingerprint density at radius 3 is 0.929 bits per heavy atom. The molecule has 0 saturated carbocycles. The molecule has 70 heavy (non-hydrogen) atoms. The Labute approximate surface area is 412 Å². The predicted octanol–water partition coefficient (Wildman–Crippen LogP) is 16.3. The van der Waals surface area contributed by atoms with Crippen molar-refractivity contribution in [3.63, 3.8) is 0 Å². The normalized spacial score (nSPS) is 14.6. The smallest absolute Gasteiger partial charge is 0.140 e. The molecule has 0 atom stereocenters. The van der Waals surface area contributed by atoms with Gasteiger partial charge in [-0.25, -0.2) is 9.98 Å². The second kappa shape index (κ2) is 23.1. The highest BCUT2D eigenvalue weighted by Gasteiger charge is 2.15. The van der Waals surface area contributed by atoms with Crippen LogP contribution in [0.25, 0.3) is 12.2 Å². The van der Waals surface area contributed by atoms with Crippen molar-refractivity contribution in [2.24, 2.45) is 20.0 Å². The molecule has 0 spiro atoms. The van der Waals surface area contributed by atoms with Gasteiger partial charge in [-0.1, -0.05) is 170 Å². The van der Waals surface area contributed by atoms with Gasteiger partial charge in [-0.3, -0.25) is 9.98 Å². The SMILES string of the molecule is CC1=Nc2ccc(cc2)Cc2ccc(cc2)N=C(C)/C(=C/C=C/c2ccccc2)C(Nc2ccccc2)=Nc2ccc(cc2)Cc2ccc(cc2)N=C(Nc2ccccc2)/C1=C\C=C\c1ccccc1. The van der Waals surface area contributed by atoms with Gasteiger partial charge in [0.2, 0.25) is 0 Å². The number of rotatable bonds is 6. The summed E-state index contributed by atoms with van der Waals surface area (Å²) in [6, 6.07) is 74.8. The third-order valence-electron chi connectivity index (χ3n) is 11.7. The molecule has 7 heterocycles. The van der Waals surface area contributed by atoms with E-state index in [1.54, 1.807) is 0 Å². The van der Waals surface area contributed by atoms with E-state index in [1.807, 2.05) is 111 Å². The monoisotopic (exact) mass is 906 g/mol. The lowest BCUT2D eigenvalue weighted by atomic mass is 10.0. The van der Waals surface area contributed by atoms with Crippen LogP contribution in [0.3, 0.4) is 0 Å². The van der Waals surface area contributed by atoms with Crippen molar-refractivity contribution in [2.45, 2.75) is 26.7 Å². The zero-order valence-electron chi connectivity index (χ0n) is 39.5. The number of para-hydroxylation sites is 2. The number of hydrogen-bond donors (Lipinski definition) is 2. The molecule has 0 amide bonds. The Balaban J connectivity index is 1.13. The summed E-state index contributed by atoms with van der Waals surface area (Å²) in [6.45, 7) is 4.09. The first-order valence-corrected chi connectivity index (χ1v) is 23.6. The van der Waals surface area contributed by atoms with Crippen LogP contribution < -0.4 is 10.6 Å². The van der Waals surface area contributed by atoms with Gasteiger partial charge < -0.3 is 10.6 Å². The molecule has 8 bridgehead atoms. The van der Waals surface area contributed by atoms with Crippen LogP contribution in [0, 0.1) is 0 Å². The van der Waals surface area contributed by atoms with Crippen LogP contribution in [0.2, 0.25) is 0 Å². The number of allylic oxidation sites excluding steroid dienone is 4. The summed E-state index contributed by atoms with van der Waals surface area (Å²) in [6.07, 6.45) is 14.0. The van der Waals surface area contributed by atoms with Crippen molar-refractivity contribution in [3.8, 4) is 0 Å². The molecule has 0 aromatic heterocycles. The number of hydrogen-bond acceptors (Lipinski definition) is 6. The van der Waals surface area contributed by atoms with E-state index >= 15 is 0 Å². The summed E-state index contributed by atoms with van der Waals surface area (Å²) in [5.41, 5.74) is 15.5. The van der Waals surface area contributed by atoms with Crippen molar-refractivity contribution in [1.29, 1.82) is 0 Å². The second-order valence-corrected chi connectivity index (χ2v) is 17.0. The lowest BCUT2D eigenvalue weighted by Gasteiger charge is -2.15. The maximum absolute atomic E-state index is 5.27. The highest BCUT2D eigenvalue weighted by atomic mass is 15.0. The predicted molar refractivity (Wildman–Crippen MR) is 298 cm³/mol. The number of anilines is 2. The largest absolute Gasteiger partial charge is 0.340 e. The number of amidine groups is 2. The van der Waals surface area contributed by atoms with Crippen molar-refractivity contribution < 1.29 is 0 Å². The Kier molecular flexibility index (Phi) is 15.2. The zero-order valence-corrected chi connectivity index (χ0v) is 39.5.